The minimum absolute atomic E-state index is 0.0217. The summed E-state index contributed by atoms with van der Waals surface area (Å²) in [6.45, 7) is 8.90. The maximum Gasteiger partial charge on any atom is 0.227 e. The Kier molecular flexibility index (Phi) is 6.00. The number of anilines is 2. The standard InChI is InChI=1S/C18H26N4O/c1-4-14(5-2)18(23)21-16-6-7-17(15(10-16)11-19)22-9-8-20-12-13(22)3/h6-7,10,13-14,20H,4-5,8-9,12H2,1-3H3,(H,21,23)/t13-/m1/s1. The van der Waals surface area contributed by atoms with Gasteiger partial charge < -0.3 is 15.5 Å². The summed E-state index contributed by atoms with van der Waals surface area (Å²) in [6, 6.07) is 8.24. The van der Waals surface area contributed by atoms with Gasteiger partial charge in [0.25, 0.3) is 0 Å². The van der Waals surface area contributed by atoms with E-state index in [1.807, 2.05) is 26.0 Å². The third-order valence-electron chi connectivity index (χ3n) is 4.55. The molecule has 1 fully saturated rings. The second kappa shape index (κ2) is 7.98. The zero-order valence-corrected chi connectivity index (χ0v) is 14.2. The van der Waals surface area contributed by atoms with E-state index in [9.17, 15) is 10.1 Å². The van der Waals surface area contributed by atoms with Crippen LogP contribution in [0.15, 0.2) is 18.2 Å². The molecule has 0 unspecified atom stereocenters. The summed E-state index contributed by atoms with van der Waals surface area (Å²) >= 11 is 0. The van der Waals surface area contributed by atoms with Gasteiger partial charge in [0, 0.05) is 37.3 Å². The topological polar surface area (TPSA) is 68.2 Å². The van der Waals surface area contributed by atoms with E-state index in [0.717, 1.165) is 38.2 Å². The van der Waals surface area contributed by atoms with Crippen LogP contribution in [0.1, 0.15) is 39.2 Å². The van der Waals surface area contributed by atoms with Gasteiger partial charge in [0.1, 0.15) is 6.07 Å². The Morgan fingerprint density at radius 1 is 1.48 bits per heavy atom. The van der Waals surface area contributed by atoms with Crippen LogP contribution in [0, 0.1) is 17.2 Å². The largest absolute Gasteiger partial charge is 0.365 e. The zero-order chi connectivity index (χ0) is 16.8. The Bertz CT molecular complexity index is 589. The van der Waals surface area contributed by atoms with Gasteiger partial charge in [-0.2, -0.15) is 5.26 Å². The molecule has 0 aromatic heterocycles. The predicted molar refractivity (Wildman–Crippen MR) is 93.5 cm³/mol. The van der Waals surface area contributed by atoms with Crippen LogP contribution in [0.25, 0.3) is 0 Å². The first-order valence-corrected chi connectivity index (χ1v) is 8.43. The first-order chi connectivity index (χ1) is 11.1. The van der Waals surface area contributed by atoms with E-state index in [2.05, 4.69) is 28.5 Å². The lowest BCUT2D eigenvalue weighted by Gasteiger charge is -2.36. The SMILES string of the molecule is CCC(CC)C(=O)Nc1ccc(N2CCNC[C@H]2C)c(C#N)c1. The normalized spacial score (nSPS) is 17.9. The molecular weight excluding hydrogens is 288 g/mol. The summed E-state index contributed by atoms with van der Waals surface area (Å²) in [4.78, 5) is 14.5. The molecule has 1 saturated heterocycles. The lowest BCUT2D eigenvalue weighted by molar-refractivity contribution is -0.120. The fourth-order valence-electron chi connectivity index (χ4n) is 3.06. The fraction of sp³-hybridized carbons (Fsp3) is 0.556. The van der Waals surface area contributed by atoms with E-state index in [0.29, 0.717) is 17.3 Å². The van der Waals surface area contributed by atoms with Crippen molar-refractivity contribution in [3.8, 4) is 6.07 Å². The zero-order valence-electron chi connectivity index (χ0n) is 14.2. The number of carbonyl (C=O) groups excluding carboxylic acids is 1. The first-order valence-electron chi connectivity index (χ1n) is 8.43. The molecule has 2 N–H and O–H groups in total. The summed E-state index contributed by atoms with van der Waals surface area (Å²) in [5, 5.41) is 15.8. The Labute approximate surface area is 138 Å². The van der Waals surface area contributed by atoms with Crippen molar-refractivity contribution < 1.29 is 4.79 Å². The molecule has 0 aliphatic carbocycles. The second-order valence-electron chi connectivity index (χ2n) is 6.09. The number of hydrogen-bond donors (Lipinski definition) is 2. The highest BCUT2D eigenvalue weighted by Crippen LogP contribution is 2.26. The van der Waals surface area contributed by atoms with E-state index >= 15 is 0 Å². The maximum atomic E-state index is 12.2. The second-order valence-corrected chi connectivity index (χ2v) is 6.09. The van der Waals surface area contributed by atoms with Gasteiger partial charge in [-0.05, 0) is 38.0 Å². The number of piperazine rings is 1. The summed E-state index contributed by atoms with van der Waals surface area (Å²) in [5.41, 5.74) is 2.26. The van der Waals surface area contributed by atoms with Crippen LogP contribution in [-0.4, -0.2) is 31.6 Å². The van der Waals surface area contributed by atoms with Crippen molar-refractivity contribution in [2.24, 2.45) is 5.92 Å². The molecule has 0 radical (unpaired) electrons. The van der Waals surface area contributed by atoms with E-state index in [1.165, 1.54) is 0 Å². The van der Waals surface area contributed by atoms with Crippen molar-refractivity contribution in [3.05, 3.63) is 23.8 Å². The average Bonchev–Trinajstić information content (AvgIpc) is 2.56. The summed E-state index contributed by atoms with van der Waals surface area (Å²) in [6.07, 6.45) is 1.65. The van der Waals surface area contributed by atoms with Crippen LogP contribution in [0.5, 0.6) is 0 Å². The quantitative estimate of drug-likeness (QED) is 0.877. The van der Waals surface area contributed by atoms with Gasteiger partial charge in [-0.15, -0.1) is 0 Å². The molecule has 0 saturated carbocycles. The number of nitrogens with one attached hydrogen (secondary N) is 2. The van der Waals surface area contributed by atoms with E-state index < -0.39 is 0 Å². The molecule has 1 heterocycles. The molecule has 1 aromatic rings. The molecule has 2 rings (SSSR count). The number of benzene rings is 1. The van der Waals surface area contributed by atoms with Crippen molar-refractivity contribution in [3.63, 3.8) is 0 Å². The van der Waals surface area contributed by atoms with E-state index in [4.69, 9.17) is 0 Å². The Morgan fingerprint density at radius 3 is 2.83 bits per heavy atom. The number of rotatable bonds is 5. The fourth-order valence-corrected chi connectivity index (χ4v) is 3.06. The number of amides is 1. The van der Waals surface area contributed by atoms with Crippen molar-refractivity contribution in [2.45, 2.75) is 39.7 Å². The van der Waals surface area contributed by atoms with Gasteiger partial charge in [-0.1, -0.05) is 13.8 Å². The monoisotopic (exact) mass is 314 g/mol. The molecule has 1 aliphatic rings. The number of hydrogen-bond acceptors (Lipinski definition) is 4. The molecule has 0 bridgehead atoms. The van der Waals surface area contributed by atoms with Crippen LogP contribution in [-0.2, 0) is 4.79 Å². The van der Waals surface area contributed by atoms with Crippen LogP contribution in [0.3, 0.4) is 0 Å². The van der Waals surface area contributed by atoms with E-state index in [1.54, 1.807) is 6.07 Å². The van der Waals surface area contributed by atoms with Crippen LogP contribution in [0.4, 0.5) is 11.4 Å². The number of nitrogens with zero attached hydrogens (tertiary/aromatic N) is 2. The lowest BCUT2D eigenvalue weighted by atomic mass is 10.0. The Balaban J connectivity index is 2.19. The summed E-state index contributed by atoms with van der Waals surface area (Å²) in [7, 11) is 0. The minimum Gasteiger partial charge on any atom is -0.365 e. The van der Waals surface area contributed by atoms with E-state index in [-0.39, 0.29) is 11.8 Å². The third kappa shape index (κ3) is 4.02. The van der Waals surface area contributed by atoms with Gasteiger partial charge >= 0.3 is 0 Å². The minimum atomic E-state index is 0.0217. The third-order valence-corrected chi connectivity index (χ3v) is 4.55. The molecule has 5 heteroatoms. The van der Waals surface area contributed by atoms with Gasteiger partial charge in [-0.25, -0.2) is 0 Å². The molecule has 23 heavy (non-hydrogen) atoms. The van der Waals surface area contributed by atoms with Gasteiger partial charge in [0.15, 0.2) is 0 Å². The molecule has 5 nitrogen and oxygen atoms in total. The highest BCUT2D eigenvalue weighted by molar-refractivity contribution is 5.93. The van der Waals surface area contributed by atoms with Crippen molar-refractivity contribution >= 4 is 17.3 Å². The Hall–Kier alpha value is -2.06. The molecule has 1 amide bonds. The lowest BCUT2D eigenvalue weighted by Crippen LogP contribution is -2.50. The van der Waals surface area contributed by atoms with Gasteiger partial charge in [0.2, 0.25) is 5.91 Å². The summed E-state index contributed by atoms with van der Waals surface area (Å²) < 4.78 is 0. The smallest absolute Gasteiger partial charge is 0.227 e. The average molecular weight is 314 g/mol. The molecule has 124 valence electrons. The van der Waals surface area contributed by atoms with Crippen molar-refractivity contribution in [1.82, 2.24) is 5.32 Å². The van der Waals surface area contributed by atoms with Crippen LogP contribution in [0.2, 0.25) is 0 Å². The molecule has 1 aliphatic heterocycles. The number of carbonyl (C=O) groups is 1. The molecule has 0 spiro atoms. The maximum absolute atomic E-state index is 12.2. The first kappa shape index (κ1) is 17.3. The van der Waals surface area contributed by atoms with Gasteiger partial charge in [-0.3, -0.25) is 4.79 Å². The molecule has 1 atom stereocenters. The van der Waals surface area contributed by atoms with Gasteiger partial charge in [0.05, 0.1) is 11.3 Å². The number of nitriles is 1. The Morgan fingerprint density at radius 2 is 2.22 bits per heavy atom. The molecular formula is C18H26N4O. The van der Waals surface area contributed by atoms with Crippen LogP contribution >= 0.6 is 0 Å². The highest BCUT2D eigenvalue weighted by atomic mass is 16.1. The predicted octanol–water partition coefficient (Wildman–Crippen LogP) is 2.73. The molecule has 1 aromatic carbocycles. The van der Waals surface area contributed by atoms with Crippen molar-refractivity contribution in [1.29, 1.82) is 5.26 Å². The van der Waals surface area contributed by atoms with Crippen LogP contribution < -0.4 is 15.5 Å². The highest BCUT2D eigenvalue weighted by Gasteiger charge is 2.21. The summed E-state index contributed by atoms with van der Waals surface area (Å²) in [5.74, 6) is 0.0515. The van der Waals surface area contributed by atoms with Crippen molar-refractivity contribution in [2.75, 3.05) is 29.9 Å².